The van der Waals surface area contributed by atoms with Crippen LogP contribution in [0.2, 0.25) is 0 Å². The third kappa shape index (κ3) is 6.68. The Bertz CT molecular complexity index is 657. The minimum absolute atomic E-state index is 0. The van der Waals surface area contributed by atoms with E-state index in [4.69, 9.17) is 9.73 Å². The molecule has 1 aromatic heterocycles. The van der Waals surface area contributed by atoms with Gasteiger partial charge < -0.3 is 20.3 Å². The highest BCUT2D eigenvalue weighted by Crippen LogP contribution is 2.33. The monoisotopic (exact) mass is 530 g/mol. The van der Waals surface area contributed by atoms with E-state index in [2.05, 4.69) is 33.5 Å². The first kappa shape index (κ1) is 25.1. The predicted octanol–water partition coefficient (Wildman–Crippen LogP) is 2.86. The number of aliphatic imine (C=N–C) groups is 1. The smallest absolute Gasteiger partial charge is 0.191 e. The van der Waals surface area contributed by atoms with Crippen LogP contribution in [0.5, 0.6) is 0 Å². The number of rotatable bonds is 7. The number of anilines is 1. The Kier molecular flexibility index (Phi) is 10.6. The fourth-order valence-electron chi connectivity index (χ4n) is 4.56. The molecule has 0 bridgehead atoms. The van der Waals surface area contributed by atoms with Crippen molar-refractivity contribution in [3.63, 3.8) is 0 Å². The van der Waals surface area contributed by atoms with E-state index in [-0.39, 0.29) is 29.5 Å². The van der Waals surface area contributed by atoms with Gasteiger partial charge in [-0.2, -0.15) is 0 Å². The van der Waals surface area contributed by atoms with Crippen molar-refractivity contribution in [1.82, 2.24) is 20.5 Å². The first-order chi connectivity index (χ1) is 14.1. The second kappa shape index (κ2) is 12.7. The summed E-state index contributed by atoms with van der Waals surface area (Å²) in [5, 5.41) is 7.09. The molecule has 2 fully saturated rings. The van der Waals surface area contributed by atoms with E-state index in [9.17, 15) is 0 Å². The highest BCUT2D eigenvalue weighted by Gasteiger charge is 2.38. The van der Waals surface area contributed by atoms with Crippen molar-refractivity contribution in [2.45, 2.75) is 51.1 Å². The summed E-state index contributed by atoms with van der Waals surface area (Å²) in [6.45, 7) is 8.30. The van der Waals surface area contributed by atoms with E-state index >= 15 is 0 Å². The number of nitrogens with zero attached hydrogens (tertiary/aromatic N) is 4. The molecule has 2 heterocycles. The molecule has 7 nitrogen and oxygen atoms in total. The van der Waals surface area contributed by atoms with Gasteiger partial charge in [-0.05, 0) is 25.8 Å². The van der Waals surface area contributed by atoms with Crippen molar-refractivity contribution in [3.8, 4) is 0 Å². The Labute approximate surface area is 199 Å². The van der Waals surface area contributed by atoms with Gasteiger partial charge in [-0.25, -0.2) is 9.98 Å². The quantitative estimate of drug-likeness (QED) is 0.321. The highest BCUT2D eigenvalue weighted by atomic mass is 127. The normalized spacial score (nSPS) is 19.6. The van der Waals surface area contributed by atoms with Crippen LogP contribution >= 0.6 is 24.0 Å². The molecule has 8 heteroatoms. The predicted molar refractivity (Wildman–Crippen MR) is 135 cm³/mol. The van der Waals surface area contributed by atoms with Crippen LogP contribution in [0.25, 0.3) is 0 Å². The Morgan fingerprint density at radius 2 is 1.93 bits per heavy atom. The molecule has 0 radical (unpaired) electrons. The maximum atomic E-state index is 5.61. The molecule has 30 heavy (non-hydrogen) atoms. The molecule has 3 rings (SSSR count). The second-order valence-corrected chi connectivity index (χ2v) is 8.31. The Morgan fingerprint density at radius 3 is 2.60 bits per heavy atom. The molecule has 0 atom stereocenters. The summed E-state index contributed by atoms with van der Waals surface area (Å²) in [5.74, 6) is 1.86. The molecule has 1 saturated carbocycles. The molecule has 0 aromatic carbocycles. The number of morpholine rings is 1. The highest BCUT2D eigenvalue weighted by molar-refractivity contribution is 14.0. The van der Waals surface area contributed by atoms with Gasteiger partial charge in [0.15, 0.2) is 5.96 Å². The number of hydrogen-bond acceptors (Lipinski definition) is 5. The molecular formula is C22H39IN6O. The van der Waals surface area contributed by atoms with Crippen LogP contribution in [0.4, 0.5) is 5.82 Å². The lowest BCUT2D eigenvalue weighted by Crippen LogP contribution is -2.60. The zero-order valence-corrected chi connectivity index (χ0v) is 21.2. The van der Waals surface area contributed by atoms with Gasteiger partial charge in [0.25, 0.3) is 0 Å². The van der Waals surface area contributed by atoms with Gasteiger partial charge in [-0.15, -0.1) is 24.0 Å². The second-order valence-electron chi connectivity index (χ2n) is 8.31. The Morgan fingerprint density at radius 1 is 1.20 bits per heavy atom. The Hall–Kier alpha value is -1.13. The molecule has 170 valence electrons. The molecule has 0 spiro atoms. The van der Waals surface area contributed by atoms with Gasteiger partial charge in [0, 0.05) is 57.6 Å². The van der Waals surface area contributed by atoms with Crippen LogP contribution in [-0.2, 0) is 11.3 Å². The zero-order valence-electron chi connectivity index (χ0n) is 18.8. The fourth-order valence-corrected chi connectivity index (χ4v) is 4.56. The fraction of sp³-hybridized carbons (Fsp3) is 0.727. The van der Waals surface area contributed by atoms with Gasteiger partial charge >= 0.3 is 0 Å². The van der Waals surface area contributed by atoms with Crippen LogP contribution in [0, 0.1) is 0 Å². The molecule has 0 amide bonds. The number of halogens is 1. The minimum atomic E-state index is 0. The van der Waals surface area contributed by atoms with Crippen LogP contribution in [0.1, 0.15) is 44.6 Å². The summed E-state index contributed by atoms with van der Waals surface area (Å²) in [6.07, 6.45) is 8.33. The number of aromatic nitrogens is 1. The zero-order chi connectivity index (χ0) is 20.5. The molecule has 2 aliphatic rings. The van der Waals surface area contributed by atoms with Crippen molar-refractivity contribution < 1.29 is 4.74 Å². The SMILES string of the molecule is CCNC(=NCc1cccnc1N(C)C)NCC1(N2CCOCC2)CCCCC1.I. The lowest BCUT2D eigenvalue weighted by molar-refractivity contribution is -0.0352. The lowest BCUT2D eigenvalue weighted by atomic mass is 9.80. The Balaban J connectivity index is 0.00000320. The average molecular weight is 530 g/mol. The van der Waals surface area contributed by atoms with E-state index in [1.54, 1.807) is 0 Å². The molecule has 1 aromatic rings. The van der Waals surface area contributed by atoms with Crippen molar-refractivity contribution in [3.05, 3.63) is 23.9 Å². The van der Waals surface area contributed by atoms with Gasteiger partial charge in [-0.3, -0.25) is 4.90 Å². The third-order valence-electron chi connectivity index (χ3n) is 6.09. The third-order valence-corrected chi connectivity index (χ3v) is 6.09. The standard InChI is InChI=1S/C22H38N6O.HI/c1-4-23-21(25-17-19-9-8-12-24-20(19)27(2)3)26-18-22(10-6-5-7-11-22)28-13-15-29-16-14-28;/h8-9,12H,4-7,10-11,13-18H2,1-3H3,(H2,23,25,26);1H. The first-order valence-electron chi connectivity index (χ1n) is 11.1. The number of pyridine rings is 1. The van der Waals surface area contributed by atoms with Gasteiger partial charge in [0.05, 0.1) is 19.8 Å². The molecular weight excluding hydrogens is 491 g/mol. The van der Waals surface area contributed by atoms with Crippen molar-refractivity contribution in [2.75, 3.05) is 58.4 Å². The number of hydrogen-bond donors (Lipinski definition) is 2. The van der Waals surface area contributed by atoms with Crippen LogP contribution in [-0.4, -0.2) is 74.9 Å². The van der Waals surface area contributed by atoms with Crippen molar-refractivity contribution in [2.24, 2.45) is 4.99 Å². The minimum Gasteiger partial charge on any atom is -0.379 e. The van der Waals surface area contributed by atoms with Crippen LogP contribution in [0.15, 0.2) is 23.3 Å². The maximum Gasteiger partial charge on any atom is 0.191 e. The van der Waals surface area contributed by atoms with E-state index in [1.165, 1.54) is 32.1 Å². The van der Waals surface area contributed by atoms with Gasteiger partial charge in [0.2, 0.25) is 0 Å². The number of nitrogens with one attached hydrogen (secondary N) is 2. The van der Waals surface area contributed by atoms with Crippen LogP contribution in [0.3, 0.4) is 0 Å². The summed E-state index contributed by atoms with van der Waals surface area (Å²) in [5.41, 5.74) is 1.36. The summed E-state index contributed by atoms with van der Waals surface area (Å²) in [4.78, 5) is 14.1. The average Bonchev–Trinajstić information content (AvgIpc) is 2.77. The van der Waals surface area contributed by atoms with Crippen molar-refractivity contribution >= 4 is 35.8 Å². The number of guanidine groups is 1. The van der Waals surface area contributed by atoms with E-state index < -0.39 is 0 Å². The largest absolute Gasteiger partial charge is 0.379 e. The summed E-state index contributed by atoms with van der Waals surface area (Å²) in [6, 6.07) is 4.08. The molecule has 1 aliphatic heterocycles. The topological polar surface area (TPSA) is 65.0 Å². The van der Waals surface area contributed by atoms with E-state index in [1.807, 2.05) is 31.3 Å². The molecule has 1 saturated heterocycles. The number of ether oxygens (including phenoxy) is 1. The van der Waals surface area contributed by atoms with Gasteiger partial charge in [-0.1, -0.05) is 25.3 Å². The molecule has 1 aliphatic carbocycles. The molecule has 0 unspecified atom stereocenters. The van der Waals surface area contributed by atoms with E-state index in [0.717, 1.165) is 56.7 Å². The van der Waals surface area contributed by atoms with Gasteiger partial charge in [0.1, 0.15) is 5.82 Å². The summed E-state index contributed by atoms with van der Waals surface area (Å²) < 4.78 is 5.61. The first-order valence-corrected chi connectivity index (χ1v) is 11.1. The lowest BCUT2D eigenvalue weighted by Gasteiger charge is -2.48. The maximum absolute atomic E-state index is 5.61. The van der Waals surface area contributed by atoms with E-state index in [0.29, 0.717) is 6.54 Å². The summed E-state index contributed by atoms with van der Waals surface area (Å²) in [7, 11) is 4.04. The van der Waals surface area contributed by atoms with Crippen molar-refractivity contribution in [1.29, 1.82) is 0 Å². The molecule has 2 N–H and O–H groups in total. The van der Waals surface area contributed by atoms with Crippen LogP contribution < -0.4 is 15.5 Å². The summed E-state index contributed by atoms with van der Waals surface area (Å²) >= 11 is 0.